The maximum atomic E-state index is 13.8. The Morgan fingerprint density at radius 1 is 1.30 bits per heavy atom. The Labute approximate surface area is 179 Å². The molecule has 0 saturated carbocycles. The first-order chi connectivity index (χ1) is 12.7. The van der Waals surface area contributed by atoms with E-state index in [1.807, 2.05) is 6.92 Å². The first-order valence-electron chi connectivity index (χ1n) is 8.53. The predicted octanol–water partition coefficient (Wildman–Crippen LogP) is 3.03. The van der Waals surface area contributed by atoms with Crippen molar-refractivity contribution in [1.82, 2.24) is 15.6 Å². The average molecular weight is 506 g/mol. The Kier molecular flexibility index (Phi) is 8.71. The third-order valence-electron chi connectivity index (χ3n) is 4.00. The number of rotatable bonds is 6. The molecular formula is C18H24FIN4O2S. The van der Waals surface area contributed by atoms with E-state index < -0.39 is 0 Å². The molecule has 1 aromatic heterocycles. The lowest BCUT2D eigenvalue weighted by Crippen LogP contribution is -2.39. The molecule has 9 heteroatoms. The van der Waals surface area contributed by atoms with Crippen LogP contribution in [0.15, 0.2) is 22.5 Å². The summed E-state index contributed by atoms with van der Waals surface area (Å²) >= 11 is 1.66. The molecule has 1 aromatic carbocycles. The molecule has 148 valence electrons. The number of thiazole rings is 1. The van der Waals surface area contributed by atoms with E-state index in [9.17, 15) is 4.39 Å². The van der Waals surface area contributed by atoms with Crippen LogP contribution < -0.4 is 15.4 Å². The van der Waals surface area contributed by atoms with Crippen molar-refractivity contribution in [2.45, 2.75) is 26.4 Å². The zero-order valence-corrected chi connectivity index (χ0v) is 18.5. The molecule has 0 unspecified atom stereocenters. The molecule has 6 nitrogen and oxygen atoms in total. The van der Waals surface area contributed by atoms with Crippen LogP contribution in [0.5, 0.6) is 5.75 Å². The molecule has 0 fully saturated rings. The maximum Gasteiger partial charge on any atom is 0.190 e. The van der Waals surface area contributed by atoms with Crippen LogP contribution in [0.2, 0.25) is 0 Å². The number of aryl methyl sites for hydroxylation is 1. The van der Waals surface area contributed by atoms with Gasteiger partial charge in [0.2, 0.25) is 0 Å². The highest BCUT2D eigenvalue weighted by Gasteiger charge is 2.16. The molecule has 3 rings (SSSR count). The summed E-state index contributed by atoms with van der Waals surface area (Å²) in [5.74, 6) is 1.18. The van der Waals surface area contributed by atoms with E-state index >= 15 is 0 Å². The fourth-order valence-electron chi connectivity index (χ4n) is 2.81. The second-order valence-corrected chi connectivity index (χ2v) is 7.01. The number of aromatic nitrogens is 1. The Morgan fingerprint density at radius 2 is 2.07 bits per heavy atom. The standard InChI is InChI=1S/C18H23FN4O2S.HI/c1-12-23-16(10-26-12)4-6-22-18(20-2)21-5-3-13-7-15(19)8-14-9-24-11-25-17(13)14;/h7-8,10H,3-6,9,11H2,1-2H3,(H2,20,21,22);1H. The highest BCUT2D eigenvalue weighted by atomic mass is 127. The zero-order chi connectivity index (χ0) is 18.4. The molecule has 0 amide bonds. The molecule has 27 heavy (non-hydrogen) atoms. The number of guanidine groups is 1. The number of nitrogens with one attached hydrogen (secondary N) is 2. The van der Waals surface area contributed by atoms with Crippen LogP contribution in [0.25, 0.3) is 0 Å². The molecule has 2 heterocycles. The van der Waals surface area contributed by atoms with Crippen molar-refractivity contribution < 1.29 is 13.9 Å². The van der Waals surface area contributed by atoms with Gasteiger partial charge in [-0.15, -0.1) is 35.3 Å². The van der Waals surface area contributed by atoms with Crippen LogP contribution in [0.4, 0.5) is 4.39 Å². The number of aliphatic imine (C=N–C) groups is 1. The zero-order valence-electron chi connectivity index (χ0n) is 15.4. The maximum absolute atomic E-state index is 13.8. The van der Waals surface area contributed by atoms with Gasteiger partial charge < -0.3 is 20.1 Å². The monoisotopic (exact) mass is 506 g/mol. The van der Waals surface area contributed by atoms with Gasteiger partial charge in [-0.05, 0) is 31.0 Å². The number of halogens is 2. The van der Waals surface area contributed by atoms with Crippen LogP contribution in [-0.4, -0.2) is 37.9 Å². The smallest absolute Gasteiger partial charge is 0.190 e. The molecule has 1 aliphatic rings. The second-order valence-electron chi connectivity index (χ2n) is 5.95. The predicted molar refractivity (Wildman–Crippen MR) is 116 cm³/mol. The highest BCUT2D eigenvalue weighted by Crippen LogP contribution is 2.29. The van der Waals surface area contributed by atoms with Crippen LogP contribution in [-0.2, 0) is 24.2 Å². The third kappa shape index (κ3) is 6.28. The van der Waals surface area contributed by atoms with Gasteiger partial charge in [0.1, 0.15) is 11.6 Å². The van der Waals surface area contributed by atoms with Crippen molar-refractivity contribution >= 4 is 41.3 Å². The van der Waals surface area contributed by atoms with Gasteiger partial charge in [-0.2, -0.15) is 0 Å². The second kappa shape index (κ2) is 10.8. The summed E-state index contributed by atoms with van der Waals surface area (Å²) in [6, 6.07) is 2.98. The lowest BCUT2D eigenvalue weighted by Gasteiger charge is -2.21. The van der Waals surface area contributed by atoms with Gasteiger partial charge in [0.15, 0.2) is 12.8 Å². The van der Waals surface area contributed by atoms with E-state index in [1.165, 1.54) is 12.1 Å². The minimum atomic E-state index is -0.270. The largest absolute Gasteiger partial charge is 0.467 e. The average Bonchev–Trinajstić information content (AvgIpc) is 3.05. The first-order valence-corrected chi connectivity index (χ1v) is 9.41. The topological polar surface area (TPSA) is 67.8 Å². The number of ether oxygens (including phenoxy) is 2. The summed E-state index contributed by atoms with van der Waals surface area (Å²) in [6.45, 7) is 3.96. The van der Waals surface area contributed by atoms with Gasteiger partial charge in [-0.1, -0.05) is 0 Å². The lowest BCUT2D eigenvalue weighted by molar-refractivity contribution is -0.0172. The highest BCUT2D eigenvalue weighted by molar-refractivity contribution is 14.0. The molecular weight excluding hydrogens is 482 g/mol. The lowest BCUT2D eigenvalue weighted by atomic mass is 10.1. The molecule has 0 aliphatic carbocycles. The van der Waals surface area contributed by atoms with Crippen molar-refractivity contribution in [2.24, 2.45) is 4.99 Å². The Bertz CT molecular complexity index is 785. The first kappa shape index (κ1) is 21.8. The van der Waals surface area contributed by atoms with Crippen LogP contribution in [0, 0.1) is 12.7 Å². The van der Waals surface area contributed by atoms with E-state index in [2.05, 4.69) is 26.0 Å². The number of fused-ring (bicyclic) bond motifs is 1. The minimum Gasteiger partial charge on any atom is -0.467 e. The fourth-order valence-corrected chi connectivity index (χ4v) is 3.46. The van der Waals surface area contributed by atoms with Crippen molar-refractivity contribution in [3.05, 3.63) is 45.2 Å². The number of hydrogen-bond donors (Lipinski definition) is 2. The van der Waals surface area contributed by atoms with Gasteiger partial charge >= 0.3 is 0 Å². The van der Waals surface area contributed by atoms with Gasteiger partial charge in [-0.25, -0.2) is 9.37 Å². The summed E-state index contributed by atoms with van der Waals surface area (Å²) in [6.07, 6.45) is 1.47. The van der Waals surface area contributed by atoms with E-state index in [1.54, 1.807) is 18.4 Å². The molecule has 1 aliphatic heterocycles. The van der Waals surface area contributed by atoms with E-state index in [-0.39, 0.29) is 36.6 Å². The van der Waals surface area contributed by atoms with Crippen molar-refractivity contribution in [1.29, 1.82) is 0 Å². The quantitative estimate of drug-likeness (QED) is 0.358. The Morgan fingerprint density at radius 3 is 2.78 bits per heavy atom. The van der Waals surface area contributed by atoms with Crippen molar-refractivity contribution in [3.63, 3.8) is 0 Å². The molecule has 0 atom stereocenters. The molecule has 2 N–H and O–H groups in total. The van der Waals surface area contributed by atoms with E-state index in [0.717, 1.165) is 40.5 Å². The Balaban J connectivity index is 0.00000261. The molecule has 0 spiro atoms. The van der Waals surface area contributed by atoms with Gasteiger partial charge in [0, 0.05) is 37.5 Å². The number of hydrogen-bond acceptors (Lipinski definition) is 5. The number of nitrogens with zero attached hydrogens (tertiary/aromatic N) is 2. The summed E-state index contributed by atoms with van der Waals surface area (Å²) < 4.78 is 24.5. The Hall–Kier alpha value is -1.46. The van der Waals surface area contributed by atoms with E-state index in [0.29, 0.717) is 25.5 Å². The van der Waals surface area contributed by atoms with Gasteiger partial charge in [0.05, 0.1) is 17.3 Å². The molecule has 0 bridgehead atoms. The minimum absolute atomic E-state index is 0. The van der Waals surface area contributed by atoms with Crippen molar-refractivity contribution in [3.8, 4) is 5.75 Å². The summed E-state index contributed by atoms with van der Waals surface area (Å²) in [5, 5.41) is 9.66. The summed E-state index contributed by atoms with van der Waals surface area (Å²) in [4.78, 5) is 8.65. The van der Waals surface area contributed by atoms with Crippen LogP contribution in [0.3, 0.4) is 0 Å². The number of benzene rings is 1. The molecule has 2 aromatic rings. The molecule has 0 radical (unpaired) electrons. The molecule has 0 saturated heterocycles. The summed E-state index contributed by atoms with van der Waals surface area (Å²) in [7, 11) is 1.73. The van der Waals surface area contributed by atoms with Crippen LogP contribution in [0.1, 0.15) is 21.8 Å². The SMILES string of the molecule is CN=C(NCCc1csc(C)n1)NCCc1cc(F)cc2c1OCOC2.I. The van der Waals surface area contributed by atoms with Gasteiger partial charge in [0.25, 0.3) is 0 Å². The van der Waals surface area contributed by atoms with Gasteiger partial charge in [-0.3, -0.25) is 4.99 Å². The summed E-state index contributed by atoms with van der Waals surface area (Å²) in [5.41, 5.74) is 2.68. The normalized spacial score (nSPS) is 13.4. The van der Waals surface area contributed by atoms with Crippen molar-refractivity contribution in [2.75, 3.05) is 26.9 Å². The van der Waals surface area contributed by atoms with Crippen LogP contribution >= 0.6 is 35.3 Å². The third-order valence-corrected chi connectivity index (χ3v) is 4.82. The fraction of sp³-hybridized carbons (Fsp3) is 0.444. The van der Waals surface area contributed by atoms with E-state index in [4.69, 9.17) is 9.47 Å².